The zero-order valence-corrected chi connectivity index (χ0v) is 16.9. The van der Waals surface area contributed by atoms with Crippen LogP contribution in [-0.4, -0.2) is 52.1 Å². The van der Waals surface area contributed by atoms with E-state index in [9.17, 15) is 4.79 Å². The van der Waals surface area contributed by atoms with Crippen LogP contribution in [0.25, 0.3) is 5.69 Å². The summed E-state index contributed by atoms with van der Waals surface area (Å²) in [7, 11) is 1.60. The summed E-state index contributed by atoms with van der Waals surface area (Å²) in [5.74, 6) is 2.07. The summed E-state index contributed by atoms with van der Waals surface area (Å²) in [6, 6.07) is 11.0. The second-order valence-electron chi connectivity index (χ2n) is 6.47. The largest absolute Gasteiger partial charge is 0.494 e. The van der Waals surface area contributed by atoms with Gasteiger partial charge in [0.05, 0.1) is 26.1 Å². The molecule has 0 atom stereocenters. The molecule has 8 nitrogen and oxygen atoms in total. The number of tetrazole rings is 1. The quantitative estimate of drug-likeness (QED) is 0.451. The summed E-state index contributed by atoms with van der Waals surface area (Å²) in [4.78, 5) is 12.7. The number of methoxy groups -OCH3 is 1. The molecule has 150 valence electrons. The molecule has 0 amide bonds. The number of nitrogens with zero attached hydrogens (tertiary/aromatic N) is 4. The van der Waals surface area contributed by atoms with Crippen LogP contribution in [0.4, 0.5) is 0 Å². The first-order valence-electron chi connectivity index (χ1n) is 9.15. The van der Waals surface area contributed by atoms with Gasteiger partial charge >= 0.3 is 0 Å². The molecule has 0 aliphatic carbocycles. The van der Waals surface area contributed by atoms with Crippen LogP contribution in [0.5, 0.6) is 17.2 Å². The van der Waals surface area contributed by atoms with Gasteiger partial charge in [-0.3, -0.25) is 4.79 Å². The Kier molecular flexibility index (Phi) is 5.66. The lowest BCUT2D eigenvalue weighted by molar-refractivity contribution is 0.102. The molecule has 2 heterocycles. The molecular formula is C20H20N4O4S. The van der Waals surface area contributed by atoms with Crippen LogP contribution in [-0.2, 0) is 0 Å². The summed E-state index contributed by atoms with van der Waals surface area (Å²) in [6.07, 6.45) is 0.818. The van der Waals surface area contributed by atoms with E-state index in [1.807, 2.05) is 25.1 Å². The molecule has 9 heteroatoms. The van der Waals surface area contributed by atoms with Gasteiger partial charge in [0.25, 0.3) is 0 Å². The molecule has 0 saturated carbocycles. The first-order chi connectivity index (χ1) is 14.2. The van der Waals surface area contributed by atoms with Crippen molar-refractivity contribution in [2.75, 3.05) is 26.1 Å². The Bertz CT molecular complexity index is 1040. The van der Waals surface area contributed by atoms with Crippen molar-refractivity contribution in [2.45, 2.75) is 18.5 Å². The van der Waals surface area contributed by atoms with Crippen LogP contribution in [0.15, 0.2) is 41.6 Å². The zero-order chi connectivity index (χ0) is 20.2. The van der Waals surface area contributed by atoms with Gasteiger partial charge in [-0.15, -0.1) is 5.10 Å². The Labute approximate surface area is 172 Å². The van der Waals surface area contributed by atoms with E-state index in [0.29, 0.717) is 41.2 Å². The van der Waals surface area contributed by atoms with E-state index in [2.05, 4.69) is 15.5 Å². The Morgan fingerprint density at radius 2 is 2.00 bits per heavy atom. The monoisotopic (exact) mass is 412 g/mol. The van der Waals surface area contributed by atoms with Crippen molar-refractivity contribution in [3.63, 3.8) is 0 Å². The number of thioether (sulfide) groups is 1. The fraction of sp³-hybridized carbons (Fsp3) is 0.300. The van der Waals surface area contributed by atoms with Crippen molar-refractivity contribution >= 4 is 17.5 Å². The minimum absolute atomic E-state index is 0.0450. The lowest BCUT2D eigenvalue weighted by atomic mass is 10.1. The smallest absolute Gasteiger partial charge is 0.214 e. The minimum atomic E-state index is -0.0450. The predicted molar refractivity (Wildman–Crippen MR) is 108 cm³/mol. The zero-order valence-electron chi connectivity index (χ0n) is 16.1. The standard InChI is InChI=1S/C20H20N4O4S/c1-13-4-6-17(26-2)15(10-13)24-20(21-22-23-24)29-12-16(25)14-5-7-18-19(11-14)28-9-3-8-27-18/h4-7,10-11H,3,8-9,12H2,1-2H3. The Morgan fingerprint density at radius 1 is 1.17 bits per heavy atom. The topological polar surface area (TPSA) is 88.4 Å². The van der Waals surface area contributed by atoms with Gasteiger partial charge in [0.2, 0.25) is 5.16 Å². The molecular weight excluding hydrogens is 392 g/mol. The predicted octanol–water partition coefficient (Wildman–Crippen LogP) is 3.12. The number of fused-ring (bicyclic) bond motifs is 1. The summed E-state index contributed by atoms with van der Waals surface area (Å²) >= 11 is 1.27. The highest BCUT2D eigenvalue weighted by Gasteiger charge is 2.18. The number of ether oxygens (including phenoxy) is 3. The van der Waals surface area contributed by atoms with E-state index >= 15 is 0 Å². The fourth-order valence-corrected chi connectivity index (χ4v) is 3.71. The van der Waals surface area contributed by atoms with Gasteiger partial charge in [-0.1, -0.05) is 17.8 Å². The number of Topliss-reactive ketones (excluding diaryl/α,β-unsaturated/α-hetero) is 1. The number of benzene rings is 2. The second kappa shape index (κ2) is 8.52. The maximum atomic E-state index is 12.7. The van der Waals surface area contributed by atoms with E-state index in [1.165, 1.54) is 11.8 Å². The van der Waals surface area contributed by atoms with Crippen molar-refractivity contribution in [3.05, 3.63) is 47.5 Å². The number of carbonyl (C=O) groups is 1. The summed E-state index contributed by atoms with van der Waals surface area (Å²) in [5, 5.41) is 12.4. The number of hydrogen-bond acceptors (Lipinski definition) is 8. The molecule has 3 aromatic rings. The molecule has 1 aliphatic heterocycles. The van der Waals surface area contributed by atoms with E-state index in [4.69, 9.17) is 14.2 Å². The lowest BCUT2D eigenvalue weighted by Gasteiger charge is -2.10. The normalized spacial score (nSPS) is 13.0. The Balaban J connectivity index is 1.51. The van der Waals surface area contributed by atoms with Gasteiger partial charge in [0.1, 0.15) is 11.4 Å². The van der Waals surface area contributed by atoms with Gasteiger partial charge in [-0.05, 0) is 53.2 Å². The Morgan fingerprint density at radius 3 is 2.83 bits per heavy atom. The number of aryl methyl sites for hydroxylation is 1. The van der Waals surface area contributed by atoms with E-state index in [0.717, 1.165) is 17.7 Å². The van der Waals surface area contributed by atoms with Gasteiger partial charge in [-0.25, -0.2) is 0 Å². The third-order valence-electron chi connectivity index (χ3n) is 4.41. The third kappa shape index (κ3) is 4.19. The minimum Gasteiger partial charge on any atom is -0.494 e. The van der Waals surface area contributed by atoms with E-state index in [-0.39, 0.29) is 11.5 Å². The second-order valence-corrected chi connectivity index (χ2v) is 7.41. The van der Waals surface area contributed by atoms with Crippen LogP contribution < -0.4 is 14.2 Å². The van der Waals surface area contributed by atoms with E-state index in [1.54, 1.807) is 30.0 Å². The molecule has 0 bridgehead atoms. The van der Waals surface area contributed by atoms with Crippen LogP contribution in [0.2, 0.25) is 0 Å². The highest BCUT2D eigenvalue weighted by atomic mass is 32.2. The maximum Gasteiger partial charge on any atom is 0.214 e. The van der Waals surface area contributed by atoms with Crippen molar-refractivity contribution < 1.29 is 19.0 Å². The number of ketones is 1. The van der Waals surface area contributed by atoms with Crippen molar-refractivity contribution in [2.24, 2.45) is 0 Å². The molecule has 0 spiro atoms. The SMILES string of the molecule is COc1ccc(C)cc1-n1nnnc1SCC(=O)c1ccc2c(c1)OCCCO2. The van der Waals surface area contributed by atoms with Crippen LogP contribution in [0, 0.1) is 6.92 Å². The number of rotatable bonds is 6. The number of carbonyl (C=O) groups excluding carboxylic acids is 1. The van der Waals surface area contributed by atoms with Crippen LogP contribution in [0.1, 0.15) is 22.3 Å². The summed E-state index contributed by atoms with van der Waals surface area (Å²) in [5.41, 5.74) is 2.34. The van der Waals surface area contributed by atoms with Crippen molar-refractivity contribution in [1.29, 1.82) is 0 Å². The van der Waals surface area contributed by atoms with Crippen LogP contribution >= 0.6 is 11.8 Å². The summed E-state index contributed by atoms with van der Waals surface area (Å²) < 4.78 is 18.3. The van der Waals surface area contributed by atoms with Gasteiger partial charge in [-0.2, -0.15) is 4.68 Å². The molecule has 4 rings (SSSR count). The van der Waals surface area contributed by atoms with Gasteiger partial charge in [0, 0.05) is 12.0 Å². The molecule has 0 saturated heterocycles. The molecule has 0 unspecified atom stereocenters. The molecule has 1 aliphatic rings. The average molecular weight is 412 g/mol. The highest BCUT2D eigenvalue weighted by molar-refractivity contribution is 7.99. The first kappa shape index (κ1) is 19.3. The highest BCUT2D eigenvalue weighted by Crippen LogP contribution is 2.31. The molecule has 29 heavy (non-hydrogen) atoms. The molecule has 0 fully saturated rings. The number of hydrogen-bond donors (Lipinski definition) is 0. The first-order valence-corrected chi connectivity index (χ1v) is 10.1. The number of aromatic nitrogens is 4. The van der Waals surface area contributed by atoms with Crippen molar-refractivity contribution in [3.8, 4) is 22.9 Å². The fourth-order valence-electron chi connectivity index (χ4n) is 2.94. The molecule has 2 aromatic carbocycles. The molecule has 0 radical (unpaired) electrons. The van der Waals surface area contributed by atoms with E-state index < -0.39 is 0 Å². The Hall–Kier alpha value is -3.07. The van der Waals surface area contributed by atoms with Crippen LogP contribution in [0.3, 0.4) is 0 Å². The lowest BCUT2D eigenvalue weighted by Crippen LogP contribution is -2.06. The van der Waals surface area contributed by atoms with Crippen molar-refractivity contribution in [1.82, 2.24) is 20.2 Å². The average Bonchev–Trinajstić information content (AvgIpc) is 3.08. The third-order valence-corrected chi connectivity index (χ3v) is 5.32. The molecule has 1 aromatic heterocycles. The summed E-state index contributed by atoms with van der Waals surface area (Å²) in [6.45, 7) is 3.17. The molecule has 0 N–H and O–H groups in total. The van der Waals surface area contributed by atoms with Gasteiger partial charge in [0.15, 0.2) is 17.3 Å². The van der Waals surface area contributed by atoms with Gasteiger partial charge < -0.3 is 14.2 Å². The maximum absolute atomic E-state index is 12.7.